The van der Waals surface area contributed by atoms with Gasteiger partial charge in [0.2, 0.25) is 0 Å². The van der Waals surface area contributed by atoms with Crippen molar-refractivity contribution in [2.45, 2.75) is 50.8 Å². The molecule has 4 atom stereocenters. The number of methoxy groups -OCH3 is 2. The van der Waals surface area contributed by atoms with Gasteiger partial charge in [0.05, 0.1) is 26.0 Å². The number of hydrogen-bond donors (Lipinski definition) is 1. The van der Waals surface area contributed by atoms with Crippen molar-refractivity contribution < 1.29 is 47.5 Å². The molecule has 1 aliphatic heterocycles. The second-order valence-electron chi connectivity index (χ2n) is 7.68. The number of carbonyl (C=O) groups is 3. The molecule has 1 fully saturated rings. The molecule has 2 N–H and O–H groups in total. The Kier molecular flexibility index (Phi) is 7.29. The molecule has 34 heavy (non-hydrogen) atoms. The lowest BCUT2D eigenvalue weighted by molar-refractivity contribution is -0.101. The van der Waals surface area contributed by atoms with Crippen LogP contribution in [0.3, 0.4) is 0 Å². The van der Waals surface area contributed by atoms with E-state index in [2.05, 4.69) is 19.6 Å². The lowest BCUT2D eigenvalue weighted by atomic mass is 9.93. The van der Waals surface area contributed by atoms with Crippen molar-refractivity contribution in [2.75, 3.05) is 26.6 Å². The third kappa shape index (κ3) is 4.90. The summed E-state index contributed by atoms with van der Waals surface area (Å²) in [6.07, 6.45) is -5.91. The van der Waals surface area contributed by atoms with Gasteiger partial charge in [-0.15, -0.1) is 0 Å². The summed E-state index contributed by atoms with van der Waals surface area (Å²) in [5, 5.41) is 4.20. The summed E-state index contributed by atoms with van der Waals surface area (Å²) < 4.78 is 37.8. The standard InChI is InChI=1S/C20H26N4O10/c1-10(2)31-19(27)30-8-12-14(32-17(25)28-4)15(33-18(26)29-5)20(3,34-12)13-7-6-11-16(21)22-9-23-24(11)13/h6-7,9-10,12,14-15H,8H2,1-5H3,(H2,21,22,23)/t12-,14-,15-,20+/m1/s1. The lowest BCUT2D eigenvalue weighted by Crippen LogP contribution is -2.45. The van der Waals surface area contributed by atoms with Gasteiger partial charge in [0.25, 0.3) is 0 Å². The number of fused-ring (bicyclic) bond motifs is 1. The van der Waals surface area contributed by atoms with E-state index in [1.54, 1.807) is 32.9 Å². The molecule has 0 amide bonds. The fourth-order valence-electron chi connectivity index (χ4n) is 3.63. The van der Waals surface area contributed by atoms with Crippen LogP contribution in [0.1, 0.15) is 26.5 Å². The third-order valence-corrected chi connectivity index (χ3v) is 5.08. The van der Waals surface area contributed by atoms with Crippen molar-refractivity contribution >= 4 is 29.8 Å². The maximum Gasteiger partial charge on any atom is 0.508 e. The summed E-state index contributed by atoms with van der Waals surface area (Å²) in [5.74, 6) is 0.201. The Hall–Kier alpha value is -3.81. The fraction of sp³-hybridized carbons (Fsp3) is 0.550. The minimum Gasteiger partial charge on any atom is -0.438 e. The van der Waals surface area contributed by atoms with Gasteiger partial charge >= 0.3 is 18.5 Å². The largest absolute Gasteiger partial charge is 0.508 e. The average molecular weight is 482 g/mol. The molecule has 0 radical (unpaired) electrons. The van der Waals surface area contributed by atoms with Crippen LogP contribution in [0.2, 0.25) is 0 Å². The van der Waals surface area contributed by atoms with E-state index in [0.29, 0.717) is 11.2 Å². The molecule has 0 unspecified atom stereocenters. The zero-order chi connectivity index (χ0) is 25.0. The van der Waals surface area contributed by atoms with Gasteiger partial charge in [-0.2, -0.15) is 5.10 Å². The van der Waals surface area contributed by atoms with Gasteiger partial charge in [0.15, 0.2) is 18.0 Å². The van der Waals surface area contributed by atoms with Crippen LogP contribution in [0, 0.1) is 0 Å². The predicted molar refractivity (Wildman–Crippen MR) is 112 cm³/mol. The van der Waals surface area contributed by atoms with Gasteiger partial charge in [-0.1, -0.05) is 0 Å². The molecule has 3 heterocycles. The van der Waals surface area contributed by atoms with Crippen molar-refractivity contribution in [1.82, 2.24) is 14.6 Å². The number of nitrogen functional groups attached to an aromatic ring is 1. The Labute approximate surface area is 194 Å². The maximum absolute atomic E-state index is 12.1. The van der Waals surface area contributed by atoms with Gasteiger partial charge in [-0.3, -0.25) is 0 Å². The first-order chi connectivity index (χ1) is 16.1. The van der Waals surface area contributed by atoms with E-state index >= 15 is 0 Å². The number of carbonyl (C=O) groups excluding carboxylic acids is 3. The van der Waals surface area contributed by atoms with Crippen molar-refractivity contribution in [1.29, 1.82) is 0 Å². The number of nitrogens with zero attached hydrogens (tertiary/aromatic N) is 3. The van der Waals surface area contributed by atoms with E-state index in [9.17, 15) is 14.4 Å². The highest BCUT2D eigenvalue weighted by Gasteiger charge is 2.59. The summed E-state index contributed by atoms with van der Waals surface area (Å²) in [7, 11) is 2.23. The number of ether oxygens (including phenoxy) is 7. The lowest BCUT2D eigenvalue weighted by Gasteiger charge is -2.30. The van der Waals surface area contributed by atoms with Gasteiger partial charge < -0.3 is 38.9 Å². The first-order valence-corrected chi connectivity index (χ1v) is 10.2. The average Bonchev–Trinajstić information content (AvgIpc) is 3.33. The maximum atomic E-state index is 12.1. The first-order valence-electron chi connectivity index (χ1n) is 10.2. The molecular weight excluding hydrogens is 456 g/mol. The van der Waals surface area contributed by atoms with E-state index in [-0.39, 0.29) is 5.82 Å². The monoisotopic (exact) mass is 482 g/mol. The number of anilines is 1. The van der Waals surface area contributed by atoms with Crippen molar-refractivity contribution in [3.05, 3.63) is 24.2 Å². The normalized spacial score (nSPS) is 24.0. The number of hydrogen-bond acceptors (Lipinski definition) is 13. The highest BCUT2D eigenvalue weighted by atomic mass is 16.8. The van der Waals surface area contributed by atoms with E-state index in [1.807, 2.05) is 0 Å². The Morgan fingerprint density at radius 1 is 1.15 bits per heavy atom. The zero-order valence-corrected chi connectivity index (χ0v) is 19.3. The smallest absolute Gasteiger partial charge is 0.438 e. The molecule has 2 aromatic heterocycles. The molecule has 186 valence electrons. The molecule has 0 spiro atoms. The fourth-order valence-corrected chi connectivity index (χ4v) is 3.63. The molecule has 2 aromatic rings. The second-order valence-corrected chi connectivity index (χ2v) is 7.68. The van der Waals surface area contributed by atoms with E-state index in [0.717, 1.165) is 14.2 Å². The molecule has 0 aromatic carbocycles. The molecule has 3 rings (SSSR count). The molecule has 1 saturated heterocycles. The zero-order valence-electron chi connectivity index (χ0n) is 19.3. The molecule has 0 bridgehead atoms. The van der Waals surface area contributed by atoms with E-state index in [1.165, 1.54) is 10.8 Å². The Morgan fingerprint density at radius 3 is 2.47 bits per heavy atom. The Balaban J connectivity index is 2.03. The van der Waals surface area contributed by atoms with Crippen LogP contribution in [0.15, 0.2) is 18.5 Å². The van der Waals surface area contributed by atoms with E-state index < -0.39 is 55.1 Å². The Bertz CT molecular complexity index is 1060. The second kappa shape index (κ2) is 9.99. The SMILES string of the molecule is COC(=O)O[C@H]1[C@@H](OC(=O)OC)[C@](C)(c2ccc3c(N)ncnn23)O[C@@H]1COC(=O)OC(C)C. The van der Waals surface area contributed by atoms with Crippen LogP contribution in [0.25, 0.3) is 5.52 Å². The topological polar surface area (TPSA) is 172 Å². The molecule has 14 nitrogen and oxygen atoms in total. The Morgan fingerprint density at radius 2 is 1.82 bits per heavy atom. The van der Waals surface area contributed by atoms with Crippen LogP contribution in [-0.4, -0.2) is 78.3 Å². The van der Waals surface area contributed by atoms with Gasteiger partial charge in [-0.25, -0.2) is 23.9 Å². The van der Waals surface area contributed by atoms with Gasteiger partial charge in [-0.05, 0) is 32.9 Å². The summed E-state index contributed by atoms with van der Waals surface area (Å²) in [5.41, 5.74) is 5.30. The quantitative estimate of drug-likeness (QED) is 0.467. The summed E-state index contributed by atoms with van der Waals surface area (Å²) in [6.45, 7) is 4.49. The molecular formula is C20H26N4O10. The van der Waals surface area contributed by atoms with Crippen molar-refractivity contribution in [3.8, 4) is 0 Å². The molecule has 0 aliphatic carbocycles. The van der Waals surface area contributed by atoms with E-state index in [4.69, 9.17) is 29.4 Å². The van der Waals surface area contributed by atoms with Crippen LogP contribution in [0.4, 0.5) is 20.2 Å². The highest BCUT2D eigenvalue weighted by molar-refractivity contribution is 5.66. The number of rotatable bonds is 6. The molecule has 1 aliphatic rings. The minimum absolute atomic E-state index is 0.201. The van der Waals surface area contributed by atoms with Crippen molar-refractivity contribution in [3.63, 3.8) is 0 Å². The van der Waals surface area contributed by atoms with Gasteiger partial charge in [0, 0.05) is 0 Å². The summed E-state index contributed by atoms with van der Waals surface area (Å²) >= 11 is 0. The van der Waals surface area contributed by atoms with Crippen LogP contribution in [-0.2, 0) is 38.8 Å². The highest BCUT2D eigenvalue weighted by Crippen LogP contribution is 2.43. The van der Waals surface area contributed by atoms with Crippen LogP contribution >= 0.6 is 0 Å². The minimum atomic E-state index is -1.48. The molecule has 0 saturated carbocycles. The third-order valence-electron chi connectivity index (χ3n) is 5.08. The number of nitrogens with two attached hydrogens (primary N) is 1. The van der Waals surface area contributed by atoms with Crippen LogP contribution < -0.4 is 5.73 Å². The molecule has 14 heteroatoms. The summed E-state index contributed by atoms with van der Waals surface area (Å²) in [4.78, 5) is 40.0. The summed E-state index contributed by atoms with van der Waals surface area (Å²) in [6, 6.07) is 3.29. The number of aromatic nitrogens is 3. The van der Waals surface area contributed by atoms with Crippen LogP contribution in [0.5, 0.6) is 0 Å². The predicted octanol–water partition coefficient (Wildman–Crippen LogP) is 1.79. The van der Waals surface area contributed by atoms with Gasteiger partial charge in [0.1, 0.15) is 30.2 Å². The first kappa shape index (κ1) is 24.8. The van der Waals surface area contributed by atoms with Crippen molar-refractivity contribution in [2.24, 2.45) is 0 Å².